The molecule has 0 amide bonds. The molecule has 1 aliphatic heterocycles. The Hall–Kier alpha value is -2.62. The summed E-state index contributed by atoms with van der Waals surface area (Å²) in [6, 6.07) is 0.424. The number of carbonyl (C=O) groups is 1. The molecule has 10 nitrogen and oxygen atoms in total. The Morgan fingerprint density at radius 1 is 1.20 bits per heavy atom. The van der Waals surface area contributed by atoms with E-state index in [1.165, 1.54) is 0 Å². The third kappa shape index (κ3) is 4.92. The number of nitrogen functional groups attached to an aromatic ring is 1. The molecular weight excluding hydrogens is 388 g/mol. The summed E-state index contributed by atoms with van der Waals surface area (Å²) < 4.78 is 18.2. The summed E-state index contributed by atoms with van der Waals surface area (Å²) in [7, 11) is 1.56. The molecule has 1 aliphatic rings. The number of imidazole rings is 1. The van der Waals surface area contributed by atoms with Crippen LogP contribution in [0.15, 0.2) is 0 Å². The summed E-state index contributed by atoms with van der Waals surface area (Å²) in [4.78, 5) is 27.7. The summed E-state index contributed by atoms with van der Waals surface area (Å²) in [5.41, 5.74) is 7.15. The Morgan fingerprint density at radius 3 is 2.77 bits per heavy atom. The second-order valence-electron chi connectivity index (χ2n) is 7.32. The van der Waals surface area contributed by atoms with Gasteiger partial charge in [0.05, 0.1) is 20.3 Å². The second-order valence-corrected chi connectivity index (χ2v) is 7.32. The van der Waals surface area contributed by atoms with Crippen LogP contribution in [0.3, 0.4) is 0 Å². The number of unbranched alkanes of at least 4 members (excludes halogenated alkanes) is 1. The molecule has 1 unspecified atom stereocenters. The van der Waals surface area contributed by atoms with Gasteiger partial charge in [-0.1, -0.05) is 19.8 Å². The topological polar surface area (TPSA) is 118 Å². The molecule has 10 heteroatoms. The van der Waals surface area contributed by atoms with E-state index in [1.807, 2.05) is 11.5 Å². The first-order valence-electron chi connectivity index (χ1n) is 10.7. The number of carbonyl (C=O) groups excluding carboxylic acids is 1. The van der Waals surface area contributed by atoms with E-state index in [0.29, 0.717) is 43.5 Å². The number of aromatic nitrogens is 4. The lowest BCUT2D eigenvalue weighted by atomic mass is 10.0. The number of nitrogens with two attached hydrogens (primary N) is 1. The summed E-state index contributed by atoms with van der Waals surface area (Å²) in [6.45, 7) is 6.87. The number of piperidine rings is 1. The Kier molecular flexibility index (Phi) is 7.67. The summed E-state index contributed by atoms with van der Waals surface area (Å²) in [5.74, 6) is 0.101. The lowest BCUT2D eigenvalue weighted by Gasteiger charge is -2.33. The Morgan fingerprint density at radius 2 is 2.03 bits per heavy atom. The zero-order valence-electron chi connectivity index (χ0n) is 18.1. The highest BCUT2D eigenvalue weighted by Crippen LogP contribution is 2.26. The number of fused-ring (bicyclic) bond motifs is 1. The molecule has 2 aromatic heterocycles. The molecule has 3 rings (SSSR count). The molecule has 0 aliphatic carbocycles. The molecule has 0 saturated carbocycles. The largest absolute Gasteiger partial charge is 0.468 e. The van der Waals surface area contributed by atoms with Crippen LogP contribution in [0, 0.1) is 0 Å². The summed E-state index contributed by atoms with van der Waals surface area (Å²) in [5, 5.41) is 0. The first-order valence-corrected chi connectivity index (χ1v) is 10.7. The monoisotopic (exact) mass is 420 g/mol. The Bertz CT molecular complexity index is 855. The van der Waals surface area contributed by atoms with Gasteiger partial charge >= 0.3 is 12.0 Å². The summed E-state index contributed by atoms with van der Waals surface area (Å²) >= 11 is 0. The van der Waals surface area contributed by atoms with Gasteiger partial charge in [-0.2, -0.15) is 15.0 Å². The van der Waals surface area contributed by atoms with Crippen LogP contribution >= 0.6 is 0 Å². The normalized spacial score (nSPS) is 17.2. The number of likely N-dealkylation sites (tertiary alicyclic amines) is 1. The van der Waals surface area contributed by atoms with Gasteiger partial charge < -0.3 is 19.9 Å². The molecular formula is C20H32N6O4. The number of hydrogen-bond donors (Lipinski definition) is 1. The van der Waals surface area contributed by atoms with E-state index in [-0.39, 0.29) is 23.8 Å². The zero-order chi connectivity index (χ0) is 21.5. The number of nitrogens with zero attached hydrogens (tertiary/aromatic N) is 5. The van der Waals surface area contributed by atoms with Gasteiger partial charge in [0.25, 0.3) is 6.01 Å². The number of rotatable bonds is 10. The zero-order valence-corrected chi connectivity index (χ0v) is 18.1. The standard InChI is InChI=1S/C20H32N6O4/c1-4-6-13-30-19-23-16(21)15-17(24-19)26(20(22-15)28-3)12-11-25-10-8-7-9-14(25)18(27)29-5-2/h14H,4-13H2,1-3H3,(H2,21,23,24). The van der Waals surface area contributed by atoms with E-state index >= 15 is 0 Å². The van der Waals surface area contributed by atoms with E-state index in [0.717, 1.165) is 38.6 Å². The fourth-order valence-corrected chi connectivity index (χ4v) is 3.70. The third-order valence-corrected chi connectivity index (χ3v) is 5.26. The highest BCUT2D eigenvalue weighted by Gasteiger charge is 2.30. The second kappa shape index (κ2) is 10.4. The van der Waals surface area contributed by atoms with Crippen molar-refractivity contribution in [3.8, 4) is 12.0 Å². The maximum absolute atomic E-state index is 12.4. The van der Waals surface area contributed by atoms with Crippen LogP contribution < -0.4 is 15.2 Å². The lowest BCUT2D eigenvalue weighted by Crippen LogP contribution is -2.46. The molecule has 0 spiro atoms. The van der Waals surface area contributed by atoms with Gasteiger partial charge in [0.2, 0.25) is 0 Å². The van der Waals surface area contributed by atoms with Gasteiger partial charge in [-0.25, -0.2) is 0 Å². The highest BCUT2D eigenvalue weighted by atomic mass is 16.5. The molecule has 0 bridgehead atoms. The van der Waals surface area contributed by atoms with Crippen LogP contribution in [0.2, 0.25) is 0 Å². The highest BCUT2D eigenvalue weighted by molar-refractivity contribution is 5.83. The van der Waals surface area contributed by atoms with Crippen molar-refractivity contribution in [3.05, 3.63) is 0 Å². The van der Waals surface area contributed by atoms with Crippen molar-refractivity contribution in [2.75, 3.05) is 39.1 Å². The number of hydrogen-bond acceptors (Lipinski definition) is 9. The van der Waals surface area contributed by atoms with Gasteiger partial charge in [-0.05, 0) is 32.7 Å². The maximum atomic E-state index is 12.4. The van der Waals surface area contributed by atoms with E-state index < -0.39 is 0 Å². The molecule has 3 heterocycles. The molecule has 166 valence electrons. The molecule has 1 saturated heterocycles. The fourth-order valence-electron chi connectivity index (χ4n) is 3.70. The smallest absolute Gasteiger partial charge is 0.323 e. The first-order chi connectivity index (χ1) is 14.6. The van der Waals surface area contributed by atoms with Crippen molar-refractivity contribution in [1.29, 1.82) is 0 Å². The molecule has 0 aromatic carbocycles. The number of ether oxygens (including phenoxy) is 3. The van der Waals surface area contributed by atoms with E-state index in [2.05, 4.69) is 26.8 Å². The van der Waals surface area contributed by atoms with Crippen molar-refractivity contribution in [1.82, 2.24) is 24.4 Å². The first kappa shape index (κ1) is 22.1. The van der Waals surface area contributed by atoms with Crippen molar-refractivity contribution >= 4 is 23.0 Å². The van der Waals surface area contributed by atoms with Crippen molar-refractivity contribution < 1.29 is 19.0 Å². The van der Waals surface area contributed by atoms with E-state index in [1.54, 1.807) is 7.11 Å². The van der Waals surface area contributed by atoms with Crippen LogP contribution in [0.1, 0.15) is 46.0 Å². The van der Waals surface area contributed by atoms with Gasteiger partial charge in [0, 0.05) is 13.1 Å². The third-order valence-electron chi connectivity index (χ3n) is 5.26. The number of esters is 1. The fraction of sp³-hybridized carbons (Fsp3) is 0.700. The molecule has 1 atom stereocenters. The van der Waals surface area contributed by atoms with Gasteiger partial charge in [-0.15, -0.1) is 0 Å². The molecule has 30 heavy (non-hydrogen) atoms. The average Bonchev–Trinajstić information content (AvgIpc) is 3.11. The quantitative estimate of drug-likeness (QED) is 0.455. The van der Waals surface area contributed by atoms with Gasteiger partial charge in [0.1, 0.15) is 6.04 Å². The molecule has 2 N–H and O–H groups in total. The predicted molar refractivity (Wildman–Crippen MR) is 113 cm³/mol. The molecule has 1 fully saturated rings. The predicted octanol–water partition coefficient (Wildman–Crippen LogP) is 2.01. The minimum atomic E-state index is -0.216. The lowest BCUT2D eigenvalue weighted by molar-refractivity contribution is -0.150. The molecule has 2 aromatic rings. The average molecular weight is 421 g/mol. The van der Waals surface area contributed by atoms with Gasteiger partial charge in [-0.3, -0.25) is 14.3 Å². The Labute approximate surface area is 176 Å². The summed E-state index contributed by atoms with van der Waals surface area (Å²) in [6.07, 6.45) is 4.82. The van der Waals surface area contributed by atoms with Crippen LogP contribution in [0.4, 0.5) is 5.82 Å². The molecule has 0 radical (unpaired) electrons. The van der Waals surface area contributed by atoms with Crippen LogP contribution in [-0.4, -0.2) is 69.8 Å². The van der Waals surface area contributed by atoms with Crippen molar-refractivity contribution in [3.63, 3.8) is 0 Å². The number of anilines is 1. The van der Waals surface area contributed by atoms with Gasteiger partial charge in [0.15, 0.2) is 17.0 Å². The van der Waals surface area contributed by atoms with Crippen molar-refractivity contribution in [2.24, 2.45) is 0 Å². The van der Waals surface area contributed by atoms with E-state index in [9.17, 15) is 4.79 Å². The maximum Gasteiger partial charge on any atom is 0.323 e. The van der Waals surface area contributed by atoms with Crippen LogP contribution in [-0.2, 0) is 16.1 Å². The van der Waals surface area contributed by atoms with Crippen LogP contribution in [0.25, 0.3) is 11.2 Å². The minimum Gasteiger partial charge on any atom is -0.468 e. The van der Waals surface area contributed by atoms with Crippen LogP contribution in [0.5, 0.6) is 12.0 Å². The van der Waals surface area contributed by atoms with Crippen molar-refractivity contribution in [2.45, 2.75) is 58.5 Å². The Balaban J connectivity index is 1.82. The number of methoxy groups -OCH3 is 1. The SMILES string of the molecule is CCCCOc1nc(N)c2nc(OC)n(CCN3CCCCC3C(=O)OCC)c2n1. The van der Waals surface area contributed by atoms with E-state index in [4.69, 9.17) is 19.9 Å². The minimum absolute atomic E-state index is 0.155.